The molecule has 10 nitrogen and oxygen atoms in total. The molecular formula is C22H37F2N3O7. The van der Waals surface area contributed by atoms with E-state index in [1.807, 2.05) is 0 Å². The molecule has 196 valence electrons. The second kappa shape index (κ2) is 10.7. The molecule has 2 aliphatic heterocycles. The first kappa shape index (κ1) is 29.4. The van der Waals surface area contributed by atoms with E-state index in [9.17, 15) is 28.0 Å². The Morgan fingerprint density at radius 3 is 1.26 bits per heavy atom. The number of carbonyl (C=O) groups excluding carboxylic acids is 3. The largest absolute Gasteiger partial charge is 0.479 e. The standard InChI is InChI=1S/C11H19FN2O3.C11H18FNO4/c1-10(2,3)17-9(16)14-6-4-11(12,5-7-14)8(13)15;1-10(2,3)17-9(16)13-6-4-11(12,5-7-13)8(14)15/h4-7H2,1-3H3,(H2,13,15);4-7H2,1-3H3,(H,14,15). The van der Waals surface area contributed by atoms with Gasteiger partial charge in [0.25, 0.3) is 5.91 Å². The number of piperidine rings is 2. The maximum absolute atomic E-state index is 13.8. The van der Waals surface area contributed by atoms with Gasteiger partial charge < -0.3 is 30.1 Å². The molecule has 0 aromatic rings. The fraction of sp³-hybridized carbons (Fsp3) is 0.818. The quantitative estimate of drug-likeness (QED) is 0.603. The normalized spacial score (nSPS) is 19.9. The minimum absolute atomic E-state index is 0.0672. The van der Waals surface area contributed by atoms with Crippen LogP contribution >= 0.6 is 0 Å². The summed E-state index contributed by atoms with van der Waals surface area (Å²) in [7, 11) is 0. The highest BCUT2D eigenvalue weighted by atomic mass is 19.1. The van der Waals surface area contributed by atoms with Crippen LogP contribution in [0.1, 0.15) is 67.2 Å². The van der Waals surface area contributed by atoms with Crippen LogP contribution in [0.25, 0.3) is 0 Å². The summed E-state index contributed by atoms with van der Waals surface area (Å²) in [6.45, 7) is 10.9. The second-order valence-corrected chi connectivity index (χ2v) is 10.5. The van der Waals surface area contributed by atoms with Gasteiger partial charge in [0, 0.05) is 51.9 Å². The van der Waals surface area contributed by atoms with Gasteiger partial charge in [-0.15, -0.1) is 0 Å². The first-order valence-corrected chi connectivity index (χ1v) is 11.1. The van der Waals surface area contributed by atoms with Gasteiger partial charge in [-0.3, -0.25) is 4.79 Å². The molecule has 0 unspecified atom stereocenters. The summed E-state index contributed by atoms with van der Waals surface area (Å²) < 4.78 is 37.8. The van der Waals surface area contributed by atoms with Crippen LogP contribution in [0.15, 0.2) is 0 Å². The number of nitrogens with zero attached hydrogens (tertiary/aromatic N) is 2. The number of nitrogens with two attached hydrogens (primary N) is 1. The molecular weight excluding hydrogens is 456 g/mol. The monoisotopic (exact) mass is 493 g/mol. The lowest BCUT2D eigenvalue weighted by Gasteiger charge is -2.35. The molecule has 3 N–H and O–H groups in total. The number of amides is 3. The van der Waals surface area contributed by atoms with Crippen LogP contribution in [0.4, 0.5) is 18.4 Å². The van der Waals surface area contributed by atoms with Crippen LogP contribution in [-0.2, 0) is 19.1 Å². The van der Waals surface area contributed by atoms with Gasteiger partial charge in [-0.25, -0.2) is 23.2 Å². The van der Waals surface area contributed by atoms with Gasteiger partial charge >= 0.3 is 18.2 Å². The predicted molar refractivity (Wildman–Crippen MR) is 119 cm³/mol. The zero-order chi connectivity index (χ0) is 26.5. The molecule has 0 aromatic carbocycles. The van der Waals surface area contributed by atoms with Crippen molar-refractivity contribution in [3.05, 3.63) is 0 Å². The number of hydrogen-bond donors (Lipinski definition) is 2. The van der Waals surface area contributed by atoms with Crippen molar-refractivity contribution >= 4 is 24.1 Å². The number of carbonyl (C=O) groups is 4. The number of carboxylic acid groups (broad SMARTS) is 1. The molecule has 2 aliphatic rings. The number of rotatable bonds is 2. The molecule has 0 spiro atoms. The summed E-state index contributed by atoms with van der Waals surface area (Å²) in [5.41, 5.74) is -0.403. The zero-order valence-electron chi connectivity index (χ0n) is 20.8. The third kappa shape index (κ3) is 8.94. The Kier molecular flexibility index (Phi) is 9.27. The van der Waals surface area contributed by atoms with Crippen molar-refractivity contribution in [3.63, 3.8) is 0 Å². The number of aliphatic carboxylic acids is 1. The van der Waals surface area contributed by atoms with E-state index in [1.165, 1.54) is 9.80 Å². The third-order valence-corrected chi connectivity index (χ3v) is 5.24. The molecule has 12 heteroatoms. The van der Waals surface area contributed by atoms with E-state index in [2.05, 4.69) is 0 Å². The Labute approximate surface area is 198 Å². The predicted octanol–water partition coefficient (Wildman–Crippen LogP) is 3.02. The molecule has 2 fully saturated rings. The lowest BCUT2D eigenvalue weighted by Crippen LogP contribution is -2.51. The average molecular weight is 494 g/mol. The van der Waals surface area contributed by atoms with Gasteiger partial charge in [-0.05, 0) is 41.5 Å². The topological polar surface area (TPSA) is 139 Å². The molecule has 2 saturated heterocycles. The maximum Gasteiger partial charge on any atom is 0.410 e. The second-order valence-electron chi connectivity index (χ2n) is 10.5. The highest BCUT2D eigenvalue weighted by molar-refractivity contribution is 5.83. The Balaban J connectivity index is 0.000000340. The van der Waals surface area contributed by atoms with E-state index in [1.54, 1.807) is 41.5 Å². The molecule has 3 amide bonds. The summed E-state index contributed by atoms with van der Waals surface area (Å²) >= 11 is 0. The van der Waals surface area contributed by atoms with Crippen LogP contribution in [0, 0.1) is 0 Å². The summed E-state index contributed by atoms with van der Waals surface area (Å²) in [6, 6.07) is 0. The Bertz CT molecular complexity index is 697. The van der Waals surface area contributed by atoms with Crippen molar-refractivity contribution in [2.24, 2.45) is 5.73 Å². The van der Waals surface area contributed by atoms with Crippen molar-refractivity contribution in [1.82, 2.24) is 9.80 Å². The van der Waals surface area contributed by atoms with Gasteiger partial charge in [0.15, 0.2) is 5.67 Å². The average Bonchev–Trinajstić information content (AvgIpc) is 2.66. The van der Waals surface area contributed by atoms with Gasteiger partial charge in [0.05, 0.1) is 0 Å². The maximum atomic E-state index is 13.8. The molecule has 2 rings (SSSR count). The fourth-order valence-corrected chi connectivity index (χ4v) is 3.20. The van der Waals surface area contributed by atoms with E-state index in [-0.39, 0.29) is 51.9 Å². The van der Waals surface area contributed by atoms with Gasteiger partial charge in [-0.2, -0.15) is 0 Å². The molecule has 2 heterocycles. The number of hydrogen-bond acceptors (Lipinski definition) is 6. The van der Waals surface area contributed by atoms with Crippen LogP contribution in [0.2, 0.25) is 0 Å². The van der Waals surface area contributed by atoms with E-state index in [0.717, 1.165) is 0 Å². The highest BCUT2D eigenvalue weighted by Gasteiger charge is 2.44. The lowest BCUT2D eigenvalue weighted by molar-refractivity contribution is -0.154. The van der Waals surface area contributed by atoms with E-state index in [0.29, 0.717) is 0 Å². The Hall–Kier alpha value is -2.66. The molecule has 0 aromatic heterocycles. The minimum atomic E-state index is -2.21. The molecule has 0 atom stereocenters. The van der Waals surface area contributed by atoms with Crippen molar-refractivity contribution in [3.8, 4) is 0 Å². The van der Waals surface area contributed by atoms with Gasteiger partial charge in [0.2, 0.25) is 5.67 Å². The number of ether oxygens (including phenoxy) is 2. The van der Waals surface area contributed by atoms with Gasteiger partial charge in [-0.1, -0.05) is 0 Å². The van der Waals surface area contributed by atoms with E-state index < -0.39 is 46.6 Å². The van der Waals surface area contributed by atoms with Crippen molar-refractivity contribution < 1.29 is 42.5 Å². The molecule has 0 saturated carbocycles. The van der Waals surface area contributed by atoms with Crippen LogP contribution in [0.5, 0.6) is 0 Å². The summed E-state index contributed by atoms with van der Waals surface area (Å²) in [5, 5.41) is 8.70. The first-order valence-electron chi connectivity index (χ1n) is 11.1. The van der Waals surface area contributed by atoms with E-state index >= 15 is 0 Å². The third-order valence-electron chi connectivity index (χ3n) is 5.24. The number of alkyl halides is 2. The molecule has 0 aliphatic carbocycles. The molecule has 0 radical (unpaired) electrons. The summed E-state index contributed by atoms with van der Waals surface area (Å²) in [5.74, 6) is -2.41. The van der Waals surface area contributed by atoms with Crippen LogP contribution < -0.4 is 5.73 Å². The highest BCUT2D eigenvalue weighted by Crippen LogP contribution is 2.28. The smallest absolute Gasteiger partial charge is 0.410 e. The number of likely N-dealkylation sites (tertiary alicyclic amines) is 2. The van der Waals surface area contributed by atoms with Crippen molar-refractivity contribution in [1.29, 1.82) is 0 Å². The van der Waals surface area contributed by atoms with Crippen molar-refractivity contribution in [2.75, 3.05) is 26.2 Å². The van der Waals surface area contributed by atoms with Crippen LogP contribution in [0.3, 0.4) is 0 Å². The van der Waals surface area contributed by atoms with Crippen LogP contribution in [-0.4, -0.2) is 87.7 Å². The Morgan fingerprint density at radius 2 is 1.03 bits per heavy atom. The number of carboxylic acids is 1. The first-order chi connectivity index (χ1) is 15.3. The summed E-state index contributed by atoms with van der Waals surface area (Å²) in [4.78, 5) is 47.6. The fourth-order valence-electron chi connectivity index (χ4n) is 3.20. The van der Waals surface area contributed by atoms with Gasteiger partial charge in [0.1, 0.15) is 11.2 Å². The number of primary amides is 1. The lowest BCUT2D eigenvalue weighted by atomic mass is 9.93. The van der Waals surface area contributed by atoms with E-state index in [4.69, 9.17) is 20.3 Å². The van der Waals surface area contributed by atoms with Crippen molar-refractivity contribution in [2.45, 2.75) is 89.8 Å². The number of halogens is 2. The Morgan fingerprint density at radius 1 is 0.735 bits per heavy atom. The molecule has 0 bridgehead atoms. The SMILES string of the molecule is CC(C)(C)OC(=O)N1CCC(F)(C(=O)O)CC1.CC(C)(C)OC(=O)N1CCC(F)(C(N)=O)CC1. The minimum Gasteiger partial charge on any atom is -0.479 e. The molecule has 34 heavy (non-hydrogen) atoms. The summed E-state index contributed by atoms with van der Waals surface area (Å²) in [6.07, 6.45) is -1.53. The zero-order valence-corrected chi connectivity index (χ0v) is 20.8.